The molecule has 0 spiro atoms. The third-order valence-electron chi connectivity index (χ3n) is 18.9. The summed E-state index contributed by atoms with van der Waals surface area (Å²) < 4.78 is 68.7. The summed E-state index contributed by atoms with van der Waals surface area (Å²) in [4.78, 5) is 73.0. The minimum Gasteiger partial charge on any atom is -0.462 e. The Hall–Kier alpha value is -1.94. The Bertz CT molecular complexity index is 1940. The van der Waals surface area contributed by atoms with Gasteiger partial charge in [0, 0.05) is 25.7 Å². The van der Waals surface area contributed by atoms with Gasteiger partial charge in [0.2, 0.25) is 0 Å². The summed E-state index contributed by atoms with van der Waals surface area (Å²) in [5.74, 6) is 0.144. The van der Waals surface area contributed by atoms with Crippen molar-refractivity contribution in [3.63, 3.8) is 0 Å². The molecule has 0 aliphatic heterocycles. The molecule has 0 saturated heterocycles. The number of aliphatic hydroxyl groups is 1. The van der Waals surface area contributed by atoms with Crippen molar-refractivity contribution in [2.24, 2.45) is 17.8 Å². The van der Waals surface area contributed by atoms with Crippen LogP contribution in [0.2, 0.25) is 0 Å². The van der Waals surface area contributed by atoms with Crippen LogP contribution in [0.5, 0.6) is 0 Å². The molecule has 0 aromatic carbocycles. The topological polar surface area (TPSA) is 237 Å². The molecule has 3 N–H and O–H groups in total. The Balaban J connectivity index is 5.23. The highest BCUT2D eigenvalue weighted by Gasteiger charge is 2.30. The molecule has 17 nitrogen and oxygen atoms in total. The van der Waals surface area contributed by atoms with Gasteiger partial charge in [0.1, 0.15) is 19.3 Å². The molecule has 0 rings (SSSR count). The summed E-state index contributed by atoms with van der Waals surface area (Å²) in [5, 5.41) is 10.6. The predicted molar refractivity (Wildman–Crippen MR) is 409 cm³/mol. The zero-order chi connectivity index (χ0) is 73.7. The number of carbonyl (C=O) groups excluding carboxylic acids is 4. The van der Waals surface area contributed by atoms with Crippen LogP contribution in [0.15, 0.2) is 0 Å². The fourth-order valence-corrected chi connectivity index (χ4v) is 14.1. The Morgan fingerprint density at radius 1 is 0.270 bits per heavy atom. The molecule has 594 valence electrons. The van der Waals surface area contributed by atoms with Crippen molar-refractivity contribution < 1.29 is 80.2 Å². The summed E-state index contributed by atoms with van der Waals surface area (Å²) >= 11 is 0. The van der Waals surface area contributed by atoms with E-state index in [-0.39, 0.29) is 25.7 Å². The molecular weight excluding hydrogens is 1310 g/mol. The van der Waals surface area contributed by atoms with E-state index in [1.807, 2.05) is 0 Å². The van der Waals surface area contributed by atoms with Crippen LogP contribution < -0.4 is 0 Å². The normalized spacial score (nSPS) is 14.0. The number of ether oxygens (including phenoxy) is 4. The van der Waals surface area contributed by atoms with Gasteiger partial charge in [-0.2, -0.15) is 0 Å². The maximum Gasteiger partial charge on any atom is 0.472 e. The van der Waals surface area contributed by atoms with Crippen LogP contribution in [0.1, 0.15) is 421 Å². The van der Waals surface area contributed by atoms with E-state index in [0.717, 1.165) is 108 Å². The smallest absolute Gasteiger partial charge is 0.462 e. The zero-order valence-electron chi connectivity index (χ0n) is 65.7. The maximum absolute atomic E-state index is 13.1. The summed E-state index contributed by atoms with van der Waals surface area (Å²) in [5.41, 5.74) is 0. The molecule has 0 heterocycles. The lowest BCUT2D eigenvalue weighted by Gasteiger charge is -2.21. The fourth-order valence-electron chi connectivity index (χ4n) is 12.5. The van der Waals surface area contributed by atoms with E-state index >= 15 is 0 Å². The molecule has 5 atom stereocenters. The van der Waals surface area contributed by atoms with Crippen LogP contribution in [0, 0.1) is 17.8 Å². The molecule has 0 fully saturated rings. The van der Waals surface area contributed by atoms with Gasteiger partial charge in [-0.15, -0.1) is 0 Å². The van der Waals surface area contributed by atoms with E-state index in [0.29, 0.717) is 31.6 Å². The molecule has 0 aromatic heterocycles. The number of carbonyl (C=O) groups is 4. The summed E-state index contributed by atoms with van der Waals surface area (Å²) in [6, 6.07) is 0. The number of unbranched alkanes of at least 4 members (excludes halogenated alkanes) is 47. The van der Waals surface area contributed by atoms with Crippen LogP contribution in [0.4, 0.5) is 0 Å². The van der Waals surface area contributed by atoms with Gasteiger partial charge in [0.25, 0.3) is 0 Å². The van der Waals surface area contributed by atoms with E-state index in [1.54, 1.807) is 0 Å². The summed E-state index contributed by atoms with van der Waals surface area (Å²) in [6.45, 7) is 11.9. The van der Waals surface area contributed by atoms with Crippen molar-refractivity contribution in [2.75, 3.05) is 39.6 Å². The molecule has 0 aliphatic carbocycles. The zero-order valence-corrected chi connectivity index (χ0v) is 67.5. The maximum atomic E-state index is 13.1. The van der Waals surface area contributed by atoms with Crippen molar-refractivity contribution in [1.29, 1.82) is 0 Å². The van der Waals surface area contributed by atoms with Crippen molar-refractivity contribution in [3.05, 3.63) is 0 Å². The molecule has 19 heteroatoms. The Kier molecular flexibility index (Phi) is 69.9. The number of phosphoric ester groups is 2. The highest BCUT2D eigenvalue weighted by molar-refractivity contribution is 7.47. The predicted octanol–water partition coefficient (Wildman–Crippen LogP) is 24.1. The molecule has 0 aromatic rings. The largest absolute Gasteiger partial charge is 0.472 e. The molecule has 0 bridgehead atoms. The van der Waals surface area contributed by atoms with Gasteiger partial charge in [0.05, 0.1) is 26.4 Å². The van der Waals surface area contributed by atoms with Crippen LogP contribution in [-0.4, -0.2) is 96.7 Å². The second kappa shape index (κ2) is 71.3. The Labute approximate surface area is 613 Å². The minimum atomic E-state index is -4.96. The van der Waals surface area contributed by atoms with Gasteiger partial charge in [-0.05, 0) is 43.4 Å². The second-order valence-electron chi connectivity index (χ2n) is 30.6. The lowest BCUT2D eigenvalue weighted by molar-refractivity contribution is -0.161. The molecule has 0 radical (unpaired) electrons. The SMILES string of the molecule is CCCCCCCCCCCCCCCCCCCCCC(=O)O[C@H](COC(=O)CCCCCCCCCCCCCCCC(C)C)COP(=O)(O)OC[C@@H](O)COP(=O)(O)OC[C@@H](COC(=O)CCCCCCCCC(C)C)OC(=O)CCCCCCCCCCCCCCCC(C)C. The summed E-state index contributed by atoms with van der Waals surface area (Å²) in [6.07, 6.45) is 59.8. The first kappa shape index (κ1) is 98.1. The van der Waals surface area contributed by atoms with Gasteiger partial charge in [0.15, 0.2) is 12.2 Å². The van der Waals surface area contributed by atoms with Crippen molar-refractivity contribution in [3.8, 4) is 0 Å². The molecule has 0 saturated carbocycles. The third kappa shape index (κ3) is 74.3. The number of aliphatic hydroxyl groups excluding tert-OH is 1. The number of hydrogen-bond donors (Lipinski definition) is 3. The van der Waals surface area contributed by atoms with Crippen LogP contribution >= 0.6 is 15.6 Å². The average Bonchev–Trinajstić information content (AvgIpc) is 0.920. The quantitative estimate of drug-likeness (QED) is 0.0222. The fraction of sp³-hybridized carbons (Fsp3) is 0.951. The second-order valence-corrected chi connectivity index (χ2v) is 33.5. The lowest BCUT2D eigenvalue weighted by Crippen LogP contribution is -2.30. The van der Waals surface area contributed by atoms with E-state index in [9.17, 15) is 43.2 Å². The number of hydrogen-bond acceptors (Lipinski definition) is 15. The molecule has 100 heavy (non-hydrogen) atoms. The van der Waals surface area contributed by atoms with Crippen LogP contribution in [-0.2, 0) is 65.4 Å². The van der Waals surface area contributed by atoms with Crippen LogP contribution in [0.3, 0.4) is 0 Å². The highest BCUT2D eigenvalue weighted by atomic mass is 31.2. The van der Waals surface area contributed by atoms with E-state index in [1.165, 1.54) is 225 Å². The number of rotatable bonds is 79. The Morgan fingerprint density at radius 3 is 0.680 bits per heavy atom. The lowest BCUT2D eigenvalue weighted by atomic mass is 10.0. The first-order valence-electron chi connectivity index (χ1n) is 41.8. The van der Waals surface area contributed by atoms with Gasteiger partial charge in [-0.3, -0.25) is 37.3 Å². The molecule has 0 aliphatic rings. The van der Waals surface area contributed by atoms with E-state index in [2.05, 4.69) is 48.5 Å². The van der Waals surface area contributed by atoms with Gasteiger partial charge in [-0.1, -0.05) is 370 Å². The van der Waals surface area contributed by atoms with Crippen LogP contribution in [0.25, 0.3) is 0 Å². The van der Waals surface area contributed by atoms with Gasteiger partial charge < -0.3 is 33.8 Å². The van der Waals surface area contributed by atoms with Gasteiger partial charge in [-0.25, -0.2) is 9.13 Å². The third-order valence-corrected chi connectivity index (χ3v) is 20.8. The van der Waals surface area contributed by atoms with E-state index < -0.39 is 97.5 Å². The number of phosphoric acid groups is 2. The van der Waals surface area contributed by atoms with Gasteiger partial charge >= 0.3 is 39.5 Å². The monoisotopic (exact) mass is 1470 g/mol. The minimum absolute atomic E-state index is 0.106. The number of esters is 4. The first-order valence-corrected chi connectivity index (χ1v) is 44.8. The molecule has 2 unspecified atom stereocenters. The van der Waals surface area contributed by atoms with Crippen molar-refractivity contribution >= 4 is 39.5 Å². The molecule has 0 amide bonds. The molecular formula is C81H158O17P2. The average molecular weight is 1470 g/mol. The summed E-state index contributed by atoms with van der Waals surface area (Å²) in [7, 11) is -9.92. The van der Waals surface area contributed by atoms with Crippen molar-refractivity contribution in [2.45, 2.75) is 439 Å². The standard InChI is InChI=1S/C81H158O17P2/c1-8-9-10-11-12-13-14-15-16-17-18-19-20-25-31-36-41-50-57-64-80(85)97-76(68-91-78(83)62-55-48-40-35-30-26-21-23-28-33-38-45-52-59-72(2)3)70-95-99(87,88)93-66-75(82)67-94-100(89,90)96-71-77(69-92-79(84)63-56-49-44-43-47-54-61-74(6)7)98-81(86)65-58-51-42-37-32-27-22-24-29-34-39-46-53-60-73(4)5/h72-77,82H,8-71H2,1-7H3,(H,87,88)(H,89,90)/t75-,76-,77-/m1/s1. The van der Waals surface area contributed by atoms with E-state index in [4.69, 9.17) is 37.0 Å². The Morgan fingerprint density at radius 2 is 0.460 bits per heavy atom. The highest BCUT2D eigenvalue weighted by Crippen LogP contribution is 2.45. The van der Waals surface area contributed by atoms with Crippen molar-refractivity contribution in [1.82, 2.24) is 0 Å². The first-order chi connectivity index (χ1) is 48.2.